The van der Waals surface area contributed by atoms with Gasteiger partial charge in [0.2, 0.25) is 0 Å². The van der Waals surface area contributed by atoms with Crippen molar-refractivity contribution in [1.29, 1.82) is 0 Å². The number of thiophene rings is 1. The van der Waals surface area contributed by atoms with Gasteiger partial charge in [-0.15, -0.1) is 23.1 Å². The second-order valence-electron chi connectivity index (χ2n) is 6.90. The lowest BCUT2D eigenvalue weighted by atomic mass is 9.98. The molecule has 0 radical (unpaired) electrons. The minimum atomic E-state index is -0.840. The third kappa shape index (κ3) is 5.85. The normalized spacial score (nSPS) is 11.5. The number of ether oxygens (including phenoxy) is 1. The van der Waals surface area contributed by atoms with Crippen LogP contribution in [0.3, 0.4) is 0 Å². The molecule has 0 aliphatic rings. The van der Waals surface area contributed by atoms with Gasteiger partial charge in [-0.3, -0.25) is 19.7 Å². The lowest BCUT2D eigenvalue weighted by Gasteiger charge is -2.13. The highest BCUT2D eigenvalue weighted by molar-refractivity contribution is 7.98. The summed E-state index contributed by atoms with van der Waals surface area (Å²) in [6, 6.07) is 13.7. The SMILES string of the molecule is CSc1ccc(C(=O)c2ccccc2C(=O)OCC(=O)NC(C)c2cccs2)cc1[N+](=O)[O-]. The molecule has 0 saturated heterocycles. The molecule has 0 aliphatic carbocycles. The van der Waals surface area contributed by atoms with Crippen LogP contribution in [0, 0.1) is 10.1 Å². The van der Waals surface area contributed by atoms with Gasteiger partial charge in [-0.05, 0) is 42.8 Å². The molecule has 170 valence electrons. The Bertz CT molecular complexity index is 1190. The molecule has 10 heteroatoms. The fraction of sp³-hybridized carbons (Fsp3) is 0.174. The van der Waals surface area contributed by atoms with Crippen LogP contribution >= 0.6 is 23.1 Å². The van der Waals surface area contributed by atoms with Crippen LogP contribution in [0.2, 0.25) is 0 Å². The molecule has 1 amide bonds. The summed E-state index contributed by atoms with van der Waals surface area (Å²) < 4.78 is 5.12. The van der Waals surface area contributed by atoms with Crippen molar-refractivity contribution in [1.82, 2.24) is 5.32 Å². The molecule has 1 atom stereocenters. The van der Waals surface area contributed by atoms with E-state index >= 15 is 0 Å². The molecule has 1 aromatic heterocycles. The summed E-state index contributed by atoms with van der Waals surface area (Å²) in [5, 5.41) is 16.0. The van der Waals surface area contributed by atoms with Crippen molar-refractivity contribution in [3.63, 3.8) is 0 Å². The van der Waals surface area contributed by atoms with Gasteiger partial charge in [-0.25, -0.2) is 4.79 Å². The number of thioether (sulfide) groups is 1. The Kier molecular flexibility index (Phi) is 7.96. The average Bonchev–Trinajstić information content (AvgIpc) is 3.37. The number of nitrogens with one attached hydrogen (secondary N) is 1. The number of hydrogen-bond acceptors (Lipinski definition) is 8. The smallest absolute Gasteiger partial charge is 0.339 e. The number of nitro groups is 1. The van der Waals surface area contributed by atoms with E-state index in [1.807, 2.05) is 24.4 Å². The predicted octanol–water partition coefficient (Wildman–Crippen LogP) is 4.64. The maximum Gasteiger partial charge on any atom is 0.339 e. The zero-order chi connectivity index (χ0) is 24.0. The van der Waals surface area contributed by atoms with Crippen molar-refractivity contribution in [3.05, 3.63) is 91.7 Å². The number of rotatable bonds is 9. The Hall–Kier alpha value is -3.50. The summed E-state index contributed by atoms with van der Waals surface area (Å²) in [4.78, 5) is 50.0. The number of amides is 1. The second-order valence-corrected chi connectivity index (χ2v) is 8.73. The van der Waals surface area contributed by atoms with Gasteiger partial charge in [-0.1, -0.05) is 24.3 Å². The van der Waals surface area contributed by atoms with Gasteiger partial charge in [0, 0.05) is 22.1 Å². The largest absolute Gasteiger partial charge is 0.452 e. The van der Waals surface area contributed by atoms with E-state index in [0.717, 1.165) is 4.88 Å². The molecule has 8 nitrogen and oxygen atoms in total. The second kappa shape index (κ2) is 10.9. The molecule has 1 unspecified atom stereocenters. The number of benzene rings is 2. The zero-order valence-corrected chi connectivity index (χ0v) is 19.4. The molecule has 0 aliphatic heterocycles. The lowest BCUT2D eigenvalue weighted by Crippen LogP contribution is -2.31. The lowest BCUT2D eigenvalue weighted by molar-refractivity contribution is -0.387. The first-order valence-corrected chi connectivity index (χ1v) is 11.9. The van der Waals surface area contributed by atoms with Gasteiger partial charge in [0.25, 0.3) is 11.6 Å². The third-order valence-corrected chi connectivity index (χ3v) is 6.55. The average molecular weight is 485 g/mol. The Morgan fingerprint density at radius 2 is 1.85 bits per heavy atom. The van der Waals surface area contributed by atoms with Crippen molar-refractivity contribution in [2.75, 3.05) is 12.9 Å². The van der Waals surface area contributed by atoms with Crippen molar-refractivity contribution < 1.29 is 24.0 Å². The van der Waals surface area contributed by atoms with Crippen molar-refractivity contribution in [3.8, 4) is 0 Å². The summed E-state index contributed by atoms with van der Waals surface area (Å²) in [5.41, 5.74) is -0.119. The van der Waals surface area contributed by atoms with Crippen LogP contribution in [0.5, 0.6) is 0 Å². The first kappa shape index (κ1) is 24.1. The standard InChI is InChI=1S/C23H20N2O6S2/c1-14(19-8-5-11-33-19)24-21(26)13-31-23(28)17-7-4-3-6-16(17)22(27)15-9-10-20(32-2)18(12-15)25(29)30/h3-12,14H,13H2,1-2H3,(H,24,26). The number of hydrogen-bond donors (Lipinski definition) is 1. The highest BCUT2D eigenvalue weighted by Crippen LogP contribution is 2.29. The predicted molar refractivity (Wildman–Crippen MR) is 126 cm³/mol. The summed E-state index contributed by atoms with van der Waals surface area (Å²) in [6.45, 7) is 1.31. The molecule has 1 heterocycles. The van der Waals surface area contributed by atoms with Crippen molar-refractivity contribution >= 4 is 46.4 Å². The van der Waals surface area contributed by atoms with E-state index in [4.69, 9.17) is 4.74 Å². The maximum atomic E-state index is 13.0. The number of ketones is 1. The first-order chi connectivity index (χ1) is 15.8. The Morgan fingerprint density at radius 3 is 2.48 bits per heavy atom. The zero-order valence-electron chi connectivity index (χ0n) is 17.8. The summed E-state index contributed by atoms with van der Waals surface area (Å²) in [7, 11) is 0. The van der Waals surface area contributed by atoms with Gasteiger partial charge in [0.1, 0.15) is 0 Å². The third-order valence-electron chi connectivity index (χ3n) is 4.71. The molecule has 33 heavy (non-hydrogen) atoms. The van der Waals surface area contributed by atoms with Gasteiger partial charge < -0.3 is 10.1 Å². The van der Waals surface area contributed by atoms with Crippen molar-refractivity contribution in [2.24, 2.45) is 0 Å². The fourth-order valence-corrected chi connectivity index (χ4v) is 4.37. The maximum absolute atomic E-state index is 13.0. The monoisotopic (exact) mass is 484 g/mol. The summed E-state index contributed by atoms with van der Waals surface area (Å²) >= 11 is 2.69. The molecule has 3 aromatic rings. The molecule has 3 rings (SSSR count). The molecule has 1 N–H and O–H groups in total. The van der Waals surface area contributed by atoms with Crippen LogP contribution in [0.1, 0.15) is 44.1 Å². The number of carbonyl (C=O) groups excluding carboxylic acids is 3. The highest BCUT2D eigenvalue weighted by atomic mass is 32.2. The van der Waals surface area contributed by atoms with E-state index in [1.54, 1.807) is 18.4 Å². The summed E-state index contributed by atoms with van der Waals surface area (Å²) in [5.74, 6) is -1.88. The van der Waals surface area contributed by atoms with E-state index in [2.05, 4.69) is 5.32 Å². The summed E-state index contributed by atoms with van der Waals surface area (Å²) in [6.07, 6.45) is 1.70. The molecular weight excluding hydrogens is 464 g/mol. The molecular formula is C23H20N2O6S2. The quantitative estimate of drug-likeness (QED) is 0.155. The first-order valence-electron chi connectivity index (χ1n) is 9.78. The molecule has 0 bridgehead atoms. The topological polar surface area (TPSA) is 116 Å². The van der Waals surface area contributed by atoms with Crippen LogP contribution in [-0.2, 0) is 9.53 Å². The number of nitrogens with zero attached hydrogens (tertiary/aromatic N) is 1. The fourth-order valence-electron chi connectivity index (χ4n) is 3.09. The Labute approximate surface area is 198 Å². The van der Waals surface area contributed by atoms with Crippen LogP contribution in [0.15, 0.2) is 64.9 Å². The minimum absolute atomic E-state index is 0.0288. The van der Waals surface area contributed by atoms with Crippen LogP contribution in [-0.4, -0.2) is 35.4 Å². The van der Waals surface area contributed by atoms with Gasteiger partial charge in [0.15, 0.2) is 12.4 Å². The van der Waals surface area contributed by atoms with E-state index in [1.165, 1.54) is 53.4 Å². The van der Waals surface area contributed by atoms with Crippen molar-refractivity contribution in [2.45, 2.75) is 17.9 Å². The molecule has 2 aromatic carbocycles. The van der Waals surface area contributed by atoms with Crippen LogP contribution in [0.25, 0.3) is 0 Å². The van der Waals surface area contributed by atoms with Crippen LogP contribution < -0.4 is 5.32 Å². The van der Waals surface area contributed by atoms with Gasteiger partial charge in [-0.2, -0.15) is 0 Å². The highest BCUT2D eigenvalue weighted by Gasteiger charge is 2.23. The van der Waals surface area contributed by atoms with E-state index in [-0.39, 0.29) is 28.4 Å². The number of esters is 1. The number of carbonyl (C=O) groups is 3. The van der Waals surface area contributed by atoms with E-state index in [0.29, 0.717) is 4.90 Å². The van der Waals surface area contributed by atoms with Crippen LogP contribution in [0.4, 0.5) is 5.69 Å². The molecule has 0 fully saturated rings. The van der Waals surface area contributed by atoms with E-state index < -0.39 is 29.2 Å². The van der Waals surface area contributed by atoms with Gasteiger partial charge >= 0.3 is 5.97 Å². The molecule has 0 spiro atoms. The van der Waals surface area contributed by atoms with E-state index in [9.17, 15) is 24.5 Å². The minimum Gasteiger partial charge on any atom is -0.452 e. The number of nitro benzene ring substituents is 1. The Balaban J connectivity index is 1.74. The molecule has 0 saturated carbocycles. The Morgan fingerprint density at radius 1 is 1.12 bits per heavy atom. The van der Waals surface area contributed by atoms with Gasteiger partial charge in [0.05, 0.1) is 21.4 Å².